The largest absolute Gasteiger partial charge is 0.484 e. The summed E-state index contributed by atoms with van der Waals surface area (Å²) in [7, 11) is 0. The molecule has 1 N–H and O–H groups in total. The van der Waals surface area contributed by atoms with E-state index in [9.17, 15) is 14.9 Å². The molecule has 0 radical (unpaired) electrons. The van der Waals surface area contributed by atoms with Crippen molar-refractivity contribution in [2.75, 3.05) is 26.2 Å². The molecular weight excluding hydrogens is 298 g/mol. The molecule has 1 aliphatic heterocycles. The second kappa shape index (κ2) is 7.92. The number of carbonyl (C=O) groups excluding carboxylic acids is 1. The average molecular weight is 321 g/mol. The summed E-state index contributed by atoms with van der Waals surface area (Å²) in [5.74, 6) is 0.306. The number of hydrogen-bond donors (Lipinski definition) is 1. The van der Waals surface area contributed by atoms with E-state index in [1.165, 1.54) is 12.1 Å². The lowest BCUT2D eigenvalue weighted by Gasteiger charge is -2.31. The maximum Gasteiger partial charge on any atom is 0.272 e. The van der Waals surface area contributed by atoms with E-state index in [4.69, 9.17) is 4.74 Å². The Bertz CT molecular complexity index is 568. The fraction of sp³-hybridized carbons (Fsp3) is 0.562. The van der Waals surface area contributed by atoms with Crippen molar-refractivity contribution in [3.63, 3.8) is 0 Å². The summed E-state index contributed by atoms with van der Waals surface area (Å²) < 4.78 is 5.42. The van der Waals surface area contributed by atoms with Gasteiger partial charge in [0.15, 0.2) is 6.61 Å². The fourth-order valence-electron chi connectivity index (χ4n) is 2.73. The third-order valence-electron chi connectivity index (χ3n) is 4.13. The van der Waals surface area contributed by atoms with Crippen molar-refractivity contribution in [1.29, 1.82) is 0 Å². The minimum absolute atomic E-state index is 0.0458. The molecule has 0 aromatic heterocycles. The molecule has 1 fully saturated rings. The van der Waals surface area contributed by atoms with Crippen LogP contribution in [0.5, 0.6) is 5.75 Å². The summed E-state index contributed by atoms with van der Waals surface area (Å²) in [6.45, 7) is 6.76. The van der Waals surface area contributed by atoms with Gasteiger partial charge in [0, 0.05) is 30.8 Å². The van der Waals surface area contributed by atoms with Crippen LogP contribution in [0.15, 0.2) is 18.2 Å². The zero-order valence-electron chi connectivity index (χ0n) is 13.6. The van der Waals surface area contributed by atoms with Crippen molar-refractivity contribution >= 4 is 11.6 Å². The average Bonchev–Trinajstić information content (AvgIpc) is 2.53. The Morgan fingerprint density at radius 2 is 2.13 bits per heavy atom. The van der Waals surface area contributed by atoms with Crippen LogP contribution in [0.25, 0.3) is 0 Å². The number of carbonyl (C=O) groups is 1. The maximum absolute atomic E-state index is 11.9. The van der Waals surface area contributed by atoms with E-state index in [0.717, 1.165) is 32.5 Å². The van der Waals surface area contributed by atoms with Crippen molar-refractivity contribution in [3.8, 4) is 5.75 Å². The van der Waals surface area contributed by atoms with E-state index >= 15 is 0 Å². The van der Waals surface area contributed by atoms with Gasteiger partial charge in [0.1, 0.15) is 5.75 Å². The van der Waals surface area contributed by atoms with E-state index in [1.807, 2.05) is 0 Å². The minimum Gasteiger partial charge on any atom is -0.484 e. The molecule has 1 heterocycles. The van der Waals surface area contributed by atoms with Gasteiger partial charge in [-0.3, -0.25) is 14.9 Å². The van der Waals surface area contributed by atoms with Gasteiger partial charge < -0.3 is 15.0 Å². The molecule has 2 rings (SSSR count). The van der Waals surface area contributed by atoms with Crippen LogP contribution in [-0.2, 0) is 4.79 Å². The number of aryl methyl sites for hydroxylation is 1. The molecular formula is C16H23N3O4. The molecule has 0 aliphatic carbocycles. The first-order chi connectivity index (χ1) is 11.0. The number of nitro groups is 1. The molecule has 1 aliphatic rings. The zero-order chi connectivity index (χ0) is 16.8. The standard InChI is InChI=1S/C16H23N3O4/c1-3-18-8-6-13(7-9-18)17-16(20)11-23-14-4-5-15(19(21)22)12(2)10-14/h4-5,10,13H,3,6-9,11H2,1-2H3,(H,17,20). The quantitative estimate of drug-likeness (QED) is 0.639. The Balaban J connectivity index is 1.78. The number of likely N-dealkylation sites (tertiary alicyclic amines) is 1. The molecule has 0 spiro atoms. The second-order valence-corrected chi connectivity index (χ2v) is 5.77. The molecule has 0 saturated carbocycles. The second-order valence-electron chi connectivity index (χ2n) is 5.77. The summed E-state index contributed by atoms with van der Waals surface area (Å²) in [5.41, 5.74) is 0.560. The topological polar surface area (TPSA) is 84.7 Å². The van der Waals surface area contributed by atoms with Crippen molar-refractivity contribution in [2.45, 2.75) is 32.7 Å². The highest BCUT2D eigenvalue weighted by Gasteiger charge is 2.19. The molecule has 7 nitrogen and oxygen atoms in total. The van der Waals surface area contributed by atoms with Gasteiger partial charge in [-0.05, 0) is 38.4 Å². The van der Waals surface area contributed by atoms with Crippen LogP contribution in [0.2, 0.25) is 0 Å². The van der Waals surface area contributed by atoms with E-state index in [0.29, 0.717) is 11.3 Å². The van der Waals surface area contributed by atoms with Gasteiger partial charge in [0.05, 0.1) is 4.92 Å². The van der Waals surface area contributed by atoms with Crippen molar-refractivity contribution in [1.82, 2.24) is 10.2 Å². The van der Waals surface area contributed by atoms with Crippen LogP contribution in [0.4, 0.5) is 5.69 Å². The number of nitro benzene ring substituents is 1. The molecule has 1 aromatic rings. The maximum atomic E-state index is 11.9. The van der Waals surface area contributed by atoms with Gasteiger partial charge in [-0.1, -0.05) is 6.92 Å². The molecule has 0 bridgehead atoms. The summed E-state index contributed by atoms with van der Waals surface area (Å²) >= 11 is 0. The third kappa shape index (κ3) is 4.92. The highest BCUT2D eigenvalue weighted by Crippen LogP contribution is 2.22. The number of nitrogens with zero attached hydrogens (tertiary/aromatic N) is 2. The Morgan fingerprint density at radius 3 is 2.70 bits per heavy atom. The lowest BCUT2D eigenvalue weighted by Crippen LogP contribution is -2.45. The van der Waals surface area contributed by atoms with Crippen LogP contribution in [0.1, 0.15) is 25.3 Å². The number of benzene rings is 1. The molecule has 0 atom stereocenters. The van der Waals surface area contributed by atoms with Crippen LogP contribution >= 0.6 is 0 Å². The van der Waals surface area contributed by atoms with Gasteiger partial charge in [-0.2, -0.15) is 0 Å². The fourth-order valence-corrected chi connectivity index (χ4v) is 2.73. The highest BCUT2D eigenvalue weighted by molar-refractivity contribution is 5.77. The van der Waals surface area contributed by atoms with Crippen LogP contribution < -0.4 is 10.1 Å². The van der Waals surface area contributed by atoms with Gasteiger partial charge >= 0.3 is 0 Å². The molecule has 0 unspecified atom stereocenters. The van der Waals surface area contributed by atoms with Crippen molar-refractivity contribution < 1.29 is 14.5 Å². The van der Waals surface area contributed by atoms with Gasteiger partial charge in [-0.25, -0.2) is 0 Å². The Morgan fingerprint density at radius 1 is 1.43 bits per heavy atom. The summed E-state index contributed by atoms with van der Waals surface area (Å²) in [6.07, 6.45) is 1.91. The summed E-state index contributed by atoms with van der Waals surface area (Å²) in [4.78, 5) is 24.6. The molecule has 1 aromatic carbocycles. The van der Waals surface area contributed by atoms with Crippen molar-refractivity contribution in [3.05, 3.63) is 33.9 Å². The normalized spacial score (nSPS) is 16.1. The monoisotopic (exact) mass is 321 g/mol. The number of nitrogens with one attached hydrogen (secondary N) is 1. The lowest BCUT2D eigenvalue weighted by atomic mass is 10.1. The number of amides is 1. The van der Waals surface area contributed by atoms with E-state index in [-0.39, 0.29) is 24.2 Å². The van der Waals surface area contributed by atoms with E-state index in [2.05, 4.69) is 17.1 Å². The predicted octanol–water partition coefficient (Wildman–Crippen LogP) is 1.88. The minimum atomic E-state index is -0.436. The first-order valence-corrected chi connectivity index (χ1v) is 7.89. The van der Waals surface area contributed by atoms with Crippen molar-refractivity contribution in [2.24, 2.45) is 0 Å². The number of rotatable bonds is 6. The smallest absolute Gasteiger partial charge is 0.272 e. The molecule has 23 heavy (non-hydrogen) atoms. The molecule has 1 saturated heterocycles. The lowest BCUT2D eigenvalue weighted by molar-refractivity contribution is -0.385. The first-order valence-electron chi connectivity index (χ1n) is 7.89. The summed E-state index contributed by atoms with van der Waals surface area (Å²) in [6, 6.07) is 4.68. The number of ether oxygens (including phenoxy) is 1. The van der Waals surface area contributed by atoms with Gasteiger partial charge in [0.2, 0.25) is 0 Å². The van der Waals surface area contributed by atoms with Crippen LogP contribution in [0.3, 0.4) is 0 Å². The van der Waals surface area contributed by atoms with E-state index in [1.54, 1.807) is 13.0 Å². The molecule has 7 heteroatoms. The van der Waals surface area contributed by atoms with Crippen LogP contribution in [-0.4, -0.2) is 48.0 Å². The number of piperidine rings is 1. The summed E-state index contributed by atoms with van der Waals surface area (Å²) in [5, 5.41) is 13.7. The Hall–Kier alpha value is -2.15. The van der Waals surface area contributed by atoms with Gasteiger partial charge in [0.25, 0.3) is 11.6 Å². The Kier molecular flexibility index (Phi) is 5.92. The SMILES string of the molecule is CCN1CCC(NC(=O)COc2ccc([N+](=O)[O-])c(C)c2)CC1. The third-order valence-corrected chi connectivity index (χ3v) is 4.13. The first kappa shape index (κ1) is 17.2. The Labute approximate surface area is 135 Å². The predicted molar refractivity (Wildman–Crippen MR) is 86.6 cm³/mol. The molecule has 126 valence electrons. The molecule has 1 amide bonds. The zero-order valence-corrected chi connectivity index (χ0v) is 13.6. The number of hydrogen-bond acceptors (Lipinski definition) is 5. The highest BCUT2D eigenvalue weighted by atomic mass is 16.6. The van der Waals surface area contributed by atoms with Gasteiger partial charge in [-0.15, -0.1) is 0 Å². The van der Waals surface area contributed by atoms with Crippen LogP contribution in [0, 0.1) is 17.0 Å². The van der Waals surface area contributed by atoms with E-state index < -0.39 is 4.92 Å².